The maximum atomic E-state index is 6.15. The van der Waals surface area contributed by atoms with Gasteiger partial charge in [0.15, 0.2) is 0 Å². The molecule has 1 aromatic carbocycles. The van der Waals surface area contributed by atoms with Crippen molar-refractivity contribution in [2.75, 3.05) is 23.7 Å². The molecule has 0 atom stereocenters. The molecule has 0 aliphatic carbocycles. The van der Waals surface area contributed by atoms with E-state index in [4.69, 9.17) is 5.73 Å². The van der Waals surface area contributed by atoms with E-state index in [0.29, 0.717) is 0 Å². The molecular weight excluding hydrogens is 206 g/mol. The molecule has 4 heteroatoms. The predicted molar refractivity (Wildman–Crippen MR) is 65.5 cm³/mol. The van der Waals surface area contributed by atoms with Crippen LogP contribution in [0.25, 0.3) is 10.2 Å². The second-order valence-electron chi connectivity index (χ2n) is 3.89. The molecule has 0 bridgehead atoms. The lowest BCUT2D eigenvalue weighted by atomic mass is 10.2. The highest BCUT2D eigenvalue weighted by Crippen LogP contribution is 2.33. The van der Waals surface area contributed by atoms with Gasteiger partial charge in [0.05, 0.1) is 21.6 Å². The smallest absolute Gasteiger partial charge is 0.106 e. The number of nitrogens with two attached hydrogens (primary N) is 1. The minimum atomic E-state index is 0.843. The normalized spacial score (nSPS) is 16.4. The van der Waals surface area contributed by atoms with Gasteiger partial charge in [0, 0.05) is 13.1 Å². The molecule has 1 aromatic heterocycles. The van der Waals surface area contributed by atoms with Crippen LogP contribution in [0.2, 0.25) is 0 Å². The van der Waals surface area contributed by atoms with Crippen LogP contribution < -0.4 is 10.6 Å². The van der Waals surface area contributed by atoms with Crippen LogP contribution in [0.1, 0.15) is 12.8 Å². The van der Waals surface area contributed by atoms with Gasteiger partial charge in [-0.15, -0.1) is 11.3 Å². The first-order valence-electron chi connectivity index (χ1n) is 5.23. The highest BCUT2D eigenvalue weighted by atomic mass is 32.1. The van der Waals surface area contributed by atoms with Gasteiger partial charge in [-0.25, -0.2) is 4.98 Å². The number of aromatic nitrogens is 1. The summed E-state index contributed by atoms with van der Waals surface area (Å²) >= 11 is 1.64. The second kappa shape index (κ2) is 3.38. The molecule has 78 valence electrons. The molecule has 1 saturated heterocycles. The van der Waals surface area contributed by atoms with Gasteiger partial charge in [0.25, 0.3) is 0 Å². The number of anilines is 2. The van der Waals surface area contributed by atoms with Crippen molar-refractivity contribution in [2.24, 2.45) is 0 Å². The fourth-order valence-corrected chi connectivity index (χ4v) is 2.87. The van der Waals surface area contributed by atoms with Gasteiger partial charge < -0.3 is 10.6 Å². The quantitative estimate of drug-likeness (QED) is 0.749. The van der Waals surface area contributed by atoms with E-state index in [1.807, 2.05) is 5.51 Å². The summed E-state index contributed by atoms with van der Waals surface area (Å²) in [6, 6.07) is 4.25. The number of benzene rings is 1. The second-order valence-corrected chi connectivity index (χ2v) is 4.78. The molecule has 0 spiro atoms. The van der Waals surface area contributed by atoms with E-state index in [0.717, 1.165) is 30.0 Å². The summed E-state index contributed by atoms with van der Waals surface area (Å²) in [5, 5.41) is 0. The molecule has 2 N–H and O–H groups in total. The van der Waals surface area contributed by atoms with Crippen LogP contribution in [-0.4, -0.2) is 18.1 Å². The summed E-state index contributed by atoms with van der Waals surface area (Å²) in [5.41, 5.74) is 11.0. The lowest BCUT2D eigenvalue weighted by Gasteiger charge is -2.19. The van der Waals surface area contributed by atoms with Crippen LogP contribution >= 0.6 is 11.3 Å². The molecule has 0 unspecified atom stereocenters. The minimum absolute atomic E-state index is 0.843. The van der Waals surface area contributed by atoms with Crippen LogP contribution in [0.5, 0.6) is 0 Å². The van der Waals surface area contributed by atoms with Gasteiger partial charge in [0.2, 0.25) is 0 Å². The van der Waals surface area contributed by atoms with Crippen LogP contribution in [0.15, 0.2) is 17.6 Å². The van der Waals surface area contributed by atoms with Crippen LogP contribution in [0.3, 0.4) is 0 Å². The Kier molecular flexibility index (Phi) is 2.02. The van der Waals surface area contributed by atoms with E-state index in [1.54, 1.807) is 11.3 Å². The third kappa shape index (κ3) is 1.36. The number of rotatable bonds is 1. The van der Waals surface area contributed by atoms with E-state index < -0.39 is 0 Å². The van der Waals surface area contributed by atoms with Crippen molar-refractivity contribution in [1.29, 1.82) is 0 Å². The molecule has 0 saturated carbocycles. The van der Waals surface area contributed by atoms with Crippen molar-refractivity contribution in [3.05, 3.63) is 17.6 Å². The standard InChI is InChI=1S/C11H13N3S/c12-10-8(14-5-1-2-6-14)3-4-9-11(10)13-7-15-9/h3-4,7H,1-2,5-6,12H2. The minimum Gasteiger partial charge on any atom is -0.395 e. The summed E-state index contributed by atoms with van der Waals surface area (Å²) in [6.45, 7) is 2.25. The Morgan fingerprint density at radius 1 is 1.27 bits per heavy atom. The summed E-state index contributed by atoms with van der Waals surface area (Å²) in [6.07, 6.45) is 2.54. The van der Waals surface area contributed by atoms with Crippen molar-refractivity contribution < 1.29 is 0 Å². The molecule has 2 heterocycles. The van der Waals surface area contributed by atoms with Crippen molar-refractivity contribution >= 4 is 32.9 Å². The summed E-state index contributed by atoms with van der Waals surface area (Å²) < 4.78 is 1.18. The predicted octanol–water partition coefficient (Wildman–Crippen LogP) is 2.48. The molecule has 2 aromatic rings. The van der Waals surface area contributed by atoms with Gasteiger partial charge in [-0.3, -0.25) is 0 Å². The Labute approximate surface area is 92.5 Å². The lowest BCUT2D eigenvalue weighted by molar-refractivity contribution is 0.949. The maximum Gasteiger partial charge on any atom is 0.106 e. The van der Waals surface area contributed by atoms with E-state index >= 15 is 0 Å². The Balaban J connectivity index is 2.13. The van der Waals surface area contributed by atoms with Crippen LogP contribution in [-0.2, 0) is 0 Å². The number of hydrogen-bond donors (Lipinski definition) is 1. The van der Waals surface area contributed by atoms with Gasteiger partial charge in [0.1, 0.15) is 5.52 Å². The number of thiazole rings is 1. The van der Waals surface area contributed by atoms with E-state index in [9.17, 15) is 0 Å². The zero-order valence-electron chi connectivity index (χ0n) is 8.44. The van der Waals surface area contributed by atoms with Crippen molar-refractivity contribution in [3.8, 4) is 0 Å². The van der Waals surface area contributed by atoms with Crippen molar-refractivity contribution in [1.82, 2.24) is 4.98 Å². The Morgan fingerprint density at radius 2 is 2.07 bits per heavy atom. The molecule has 3 nitrogen and oxygen atoms in total. The molecule has 0 amide bonds. The monoisotopic (exact) mass is 219 g/mol. The van der Waals surface area contributed by atoms with Gasteiger partial charge in [-0.1, -0.05) is 0 Å². The topological polar surface area (TPSA) is 42.1 Å². The average Bonchev–Trinajstić information content (AvgIpc) is 2.87. The Bertz CT molecular complexity index is 486. The van der Waals surface area contributed by atoms with Crippen molar-refractivity contribution in [3.63, 3.8) is 0 Å². The van der Waals surface area contributed by atoms with Crippen LogP contribution in [0, 0.1) is 0 Å². The average molecular weight is 219 g/mol. The lowest BCUT2D eigenvalue weighted by Crippen LogP contribution is -2.18. The molecule has 1 aliphatic rings. The largest absolute Gasteiger partial charge is 0.395 e. The first kappa shape index (κ1) is 8.97. The fraction of sp³-hybridized carbons (Fsp3) is 0.364. The molecule has 15 heavy (non-hydrogen) atoms. The van der Waals surface area contributed by atoms with E-state index in [1.165, 1.54) is 17.5 Å². The number of fused-ring (bicyclic) bond motifs is 1. The highest BCUT2D eigenvalue weighted by molar-refractivity contribution is 7.16. The third-order valence-corrected chi connectivity index (χ3v) is 3.76. The zero-order chi connectivity index (χ0) is 10.3. The molecular formula is C11H13N3S. The molecule has 1 fully saturated rings. The first-order chi connectivity index (χ1) is 7.36. The molecule has 1 aliphatic heterocycles. The highest BCUT2D eigenvalue weighted by Gasteiger charge is 2.16. The zero-order valence-corrected chi connectivity index (χ0v) is 9.26. The van der Waals surface area contributed by atoms with Gasteiger partial charge in [-0.05, 0) is 25.0 Å². The Morgan fingerprint density at radius 3 is 2.87 bits per heavy atom. The van der Waals surface area contributed by atoms with Crippen LogP contribution in [0.4, 0.5) is 11.4 Å². The third-order valence-electron chi connectivity index (χ3n) is 2.97. The summed E-state index contributed by atoms with van der Waals surface area (Å²) in [7, 11) is 0. The number of nitrogen functional groups attached to an aromatic ring is 1. The summed E-state index contributed by atoms with van der Waals surface area (Å²) in [5.74, 6) is 0. The van der Waals surface area contributed by atoms with Gasteiger partial charge >= 0.3 is 0 Å². The molecule has 0 radical (unpaired) electrons. The maximum absolute atomic E-state index is 6.15. The first-order valence-corrected chi connectivity index (χ1v) is 6.11. The molecule has 3 rings (SSSR count). The SMILES string of the molecule is Nc1c(N2CCCC2)ccc2scnc12. The number of hydrogen-bond acceptors (Lipinski definition) is 4. The van der Waals surface area contributed by atoms with Gasteiger partial charge in [-0.2, -0.15) is 0 Å². The van der Waals surface area contributed by atoms with E-state index in [-0.39, 0.29) is 0 Å². The van der Waals surface area contributed by atoms with E-state index in [2.05, 4.69) is 22.0 Å². The fourth-order valence-electron chi connectivity index (χ4n) is 2.18. The Hall–Kier alpha value is -1.29. The number of nitrogens with zero attached hydrogens (tertiary/aromatic N) is 2. The summed E-state index contributed by atoms with van der Waals surface area (Å²) in [4.78, 5) is 6.67. The van der Waals surface area contributed by atoms with Crippen molar-refractivity contribution in [2.45, 2.75) is 12.8 Å².